The third-order valence-electron chi connectivity index (χ3n) is 2.58. The second-order valence-corrected chi connectivity index (χ2v) is 4.90. The Hall–Kier alpha value is -2.06. The maximum atomic E-state index is 12.6. The van der Waals surface area contributed by atoms with Gasteiger partial charge in [0.15, 0.2) is 5.82 Å². The van der Waals surface area contributed by atoms with Crippen LogP contribution in [0.2, 0.25) is 0 Å². The van der Waals surface area contributed by atoms with Crippen molar-refractivity contribution in [2.24, 2.45) is 5.41 Å². The zero-order valence-electron chi connectivity index (χ0n) is 10.9. The van der Waals surface area contributed by atoms with E-state index < -0.39 is 36.4 Å². The molecule has 6 nitrogen and oxygen atoms in total. The van der Waals surface area contributed by atoms with Gasteiger partial charge in [-0.15, -0.1) is 0 Å². The standard InChI is InChI=1S/C11H14F3N3O3/c1-10(2,11(12,13)14)5-8(18)15-7-3-4-17(16-7)6-9(19)20/h3-4H,5-6H2,1-2H3,(H,19,20)(H,15,16,18). The van der Waals surface area contributed by atoms with Gasteiger partial charge in [-0.25, -0.2) is 0 Å². The minimum atomic E-state index is -4.49. The maximum absolute atomic E-state index is 12.6. The zero-order chi connectivity index (χ0) is 15.6. The molecule has 1 amide bonds. The number of carboxylic acid groups (broad SMARTS) is 1. The average Bonchev–Trinajstić information content (AvgIpc) is 2.61. The lowest BCUT2D eigenvalue weighted by molar-refractivity contribution is -0.213. The molecule has 20 heavy (non-hydrogen) atoms. The van der Waals surface area contributed by atoms with Crippen LogP contribution in [0.1, 0.15) is 20.3 Å². The van der Waals surface area contributed by atoms with Crippen LogP contribution < -0.4 is 5.32 Å². The van der Waals surface area contributed by atoms with Gasteiger partial charge in [-0.3, -0.25) is 14.3 Å². The molecule has 0 aromatic carbocycles. The quantitative estimate of drug-likeness (QED) is 0.868. The Balaban J connectivity index is 2.63. The molecule has 0 saturated carbocycles. The van der Waals surface area contributed by atoms with E-state index in [1.54, 1.807) is 0 Å². The van der Waals surface area contributed by atoms with Gasteiger partial charge in [0.1, 0.15) is 6.54 Å². The van der Waals surface area contributed by atoms with Gasteiger partial charge in [-0.05, 0) is 0 Å². The topological polar surface area (TPSA) is 84.2 Å². The van der Waals surface area contributed by atoms with Crippen molar-refractivity contribution in [2.45, 2.75) is 33.0 Å². The maximum Gasteiger partial charge on any atom is 0.394 e. The fraction of sp³-hybridized carbons (Fsp3) is 0.545. The van der Waals surface area contributed by atoms with Gasteiger partial charge in [-0.1, -0.05) is 13.8 Å². The highest BCUT2D eigenvalue weighted by atomic mass is 19.4. The zero-order valence-corrected chi connectivity index (χ0v) is 10.9. The second kappa shape index (κ2) is 5.51. The molecule has 0 atom stereocenters. The molecule has 0 fully saturated rings. The fourth-order valence-electron chi connectivity index (χ4n) is 1.34. The lowest BCUT2D eigenvalue weighted by atomic mass is 9.88. The van der Waals surface area contributed by atoms with E-state index in [0.717, 1.165) is 18.5 Å². The van der Waals surface area contributed by atoms with Crippen molar-refractivity contribution in [2.75, 3.05) is 5.32 Å². The highest BCUT2D eigenvalue weighted by Gasteiger charge is 2.48. The van der Waals surface area contributed by atoms with Crippen molar-refractivity contribution in [1.29, 1.82) is 0 Å². The monoisotopic (exact) mass is 293 g/mol. The normalized spacial score (nSPS) is 12.2. The lowest BCUT2D eigenvalue weighted by Gasteiger charge is -2.26. The number of rotatable bonds is 5. The lowest BCUT2D eigenvalue weighted by Crippen LogP contribution is -2.35. The Morgan fingerprint density at radius 3 is 2.50 bits per heavy atom. The number of amides is 1. The van der Waals surface area contributed by atoms with Crippen LogP contribution in [0.4, 0.5) is 19.0 Å². The van der Waals surface area contributed by atoms with Crippen molar-refractivity contribution in [3.05, 3.63) is 12.3 Å². The minimum absolute atomic E-state index is 0.00854. The number of halogens is 3. The van der Waals surface area contributed by atoms with Crippen molar-refractivity contribution in [1.82, 2.24) is 9.78 Å². The van der Waals surface area contributed by atoms with E-state index in [-0.39, 0.29) is 5.82 Å². The van der Waals surface area contributed by atoms with E-state index in [0.29, 0.717) is 0 Å². The summed E-state index contributed by atoms with van der Waals surface area (Å²) in [7, 11) is 0. The second-order valence-electron chi connectivity index (χ2n) is 4.90. The first-order valence-corrected chi connectivity index (χ1v) is 5.63. The Morgan fingerprint density at radius 2 is 2.00 bits per heavy atom. The minimum Gasteiger partial charge on any atom is -0.480 e. The molecule has 1 rings (SSSR count). The number of carbonyl (C=O) groups excluding carboxylic acids is 1. The van der Waals surface area contributed by atoms with Crippen LogP contribution >= 0.6 is 0 Å². The van der Waals surface area contributed by atoms with E-state index in [4.69, 9.17) is 5.11 Å². The number of hydrogen-bond acceptors (Lipinski definition) is 3. The first-order valence-electron chi connectivity index (χ1n) is 5.63. The molecule has 9 heteroatoms. The number of alkyl halides is 3. The molecular formula is C11H14F3N3O3. The van der Waals surface area contributed by atoms with Gasteiger partial charge in [0.05, 0.1) is 5.41 Å². The number of carbonyl (C=O) groups is 2. The van der Waals surface area contributed by atoms with E-state index in [1.807, 2.05) is 0 Å². The molecule has 0 aliphatic rings. The first-order chi connectivity index (χ1) is 9.01. The summed E-state index contributed by atoms with van der Waals surface area (Å²) < 4.78 is 38.9. The summed E-state index contributed by atoms with van der Waals surface area (Å²) in [5.41, 5.74) is -2.15. The summed E-state index contributed by atoms with van der Waals surface area (Å²) in [6.45, 7) is 1.45. The molecule has 0 bridgehead atoms. The number of anilines is 1. The van der Waals surface area contributed by atoms with Crippen molar-refractivity contribution < 1.29 is 27.9 Å². The molecule has 0 aliphatic heterocycles. The van der Waals surface area contributed by atoms with E-state index in [9.17, 15) is 22.8 Å². The molecule has 112 valence electrons. The molecule has 1 aromatic rings. The van der Waals surface area contributed by atoms with Crippen molar-refractivity contribution >= 4 is 17.7 Å². The Morgan fingerprint density at radius 1 is 1.40 bits per heavy atom. The first kappa shape index (κ1) is 16.0. The number of aromatic nitrogens is 2. The third-order valence-corrected chi connectivity index (χ3v) is 2.58. The number of nitrogens with one attached hydrogen (secondary N) is 1. The summed E-state index contributed by atoms with van der Waals surface area (Å²) in [6, 6.07) is 1.31. The highest BCUT2D eigenvalue weighted by molar-refractivity contribution is 5.90. The van der Waals surface area contributed by atoms with E-state index >= 15 is 0 Å². The molecular weight excluding hydrogens is 279 g/mol. The third kappa shape index (κ3) is 4.25. The van der Waals surface area contributed by atoms with Gasteiger partial charge in [0, 0.05) is 18.7 Å². The van der Waals surface area contributed by atoms with Crippen LogP contribution in [0.25, 0.3) is 0 Å². The van der Waals surface area contributed by atoms with Crippen LogP contribution in [0.5, 0.6) is 0 Å². The predicted octanol–water partition coefficient (Wildman–Crippen LogP) is 1.88. The highest BCUT2D eigenvalue weighted by Crippen LogP contribution is 2.40. The SMILES string of the molecule is CC(C)(CC(=O)Nc1ccn(CC(=O)O)n1)C(F)(F)F. The van der Waals surface area contributed by atoms with Gasteiger partial charge >= 0.3 is 12.1 Å². The summed E-state index contributed by atoms with van der Waals surface area (Å²) in [5.74, 6) is -1.95. The van der Waals surface area contributed by atoms with E-state index in [2.05, 4.69) is 10.4 Å². The molecule has 1 aromatic heterocycles. The predicted molar refractivity (Wildman–Crippen MR) is 62.9 cm³/mol. The van der Waals surface area contributed by atoms with Crippen LogP contribution in [-0.2, 0) is 16.1 Å². The van der Waals surface area contributed by atoms with Gasteiger partial charge in [-0.2, -0.15) is 18.3 Å². The van der Waals surface area contributed by atoms with E-state index in [1.165, 1.54) is 12.3 Å². The summed E-state index contributed by atoms with van der Waals surface area (Å²) in [4.78, 5) is 22.0. The number of carboxylic acids is 1. The number of hydrogen-bond donors (Lipinski definition) is 2. The van der Waals surface area contributed by atoms with Crippen molar-refractivity contribution in [3.63, 3.8) is 0 Å². The summed E-state index contributed by atoms with van der Waals surface area (Å²) in [5, 5.41) is 14.4. The molecule has 0 saturated heterocycles. The molecule has 0 unspecified atom stereocenters. The molecule has 0 radical (unpaired) electrons. The van der Waals surface area contributed by atoms with Crippen LogP contribution in [0.15, 0.2) is 12.3 Å². The van der Waals surface area contributed by atoms with Crippen molar-refractivity contribution in [3.8, 4) is 0 Å². The Kier molecular flexibility index (Phi) is 4.41. The number of aliphatic carboxylic acids is 1. The molecule has 2 N–H and O–H groups in total. The van der Waals surface area contributed by atoms with Crippen LogP contribution in [0, 0.1) is 5.41 Å². The van der Waals surface area contributed by atoms with Gasteiger partial charge in [0.25, 0.3) is 0 Å². The molecule has 0 spiro atoms. The van der Waals surface area contributed by atoms with Gasteiger partial charge in [0.2, 0.25) is 5.91 Å². The average molecular weight is 293 g/mol. The summed E-state index contributed by atoms with van der Waals surface area (Å²) >= 11 is 0. The Bertz CT molecular complexity index is 509. The fourth-order valence-corrected chi connectivity index (χ4v) is 1.34. The van der Waals surface area contributed by atoms with Gasteiger partial charge < -0.3 is 10.4 Å². The number of nitrogens with zero attached hydrogens (tertiary/aromatic N) is 2. The largest absolute Gasteiger partial charge is 0.480 e. The molecule has 0 aliphatic carbocycles. The Labute approximate surface area is 112 Å². The molecule has 1 heterocycles. The summed E-state index contributed by atoms with van der Waals surface area (Å²) in [6.07, 6.45) is -3.94. The van der Waals surface area contributed by atoms with Crippen LogP contribution in [-0.4, -0.2) is 32.9 Å². The smallest absolute Gasteiger partial charge is 0.394 e. The van der Waals surface area contributed by atoms with Crippen LogP contribution in [0.3, 0.4) is 0 Å².